The number of anilines is 2. The van der Waals surface area contributed by atoms with E-state index in [4.69, 9.17) is 14.2 Å². The molecular formula is C16H13N3O4S. The lowest BCUT2D eigenvalue weighted by Gasteiger charge is -2.06. The highest BCUT2D eigenvalue weighted by molar-refractivity contribution is 7.22. The largest absolute Gasteiger partial charge is 0.497 e. The summed E-state index contributed by atoms with van der Waals surface area (Å²) in [6.45, 7) is 0.223. The molecule has 1 aliphatic heterocycles. The van der Waals surface area contributed by atoms with E-state index in [2.05, 4.69) is 15.6 Å². The van der Waals surface area contributed by atoms with Crippen LogP contribution in [0.2, 0.25) is 0 Å². The van der Waals surface area contributed by atoms with Crippen molar-refractivity contribution >= 4 is 38.4 Å². The number of nitrogens with zero attached hydrogens (tertiary/aromatic N) is 1. The summed E-state index contributed by atoms with van der Waals surface area (Å²) >= 11 is 1.37. The van der Waals surface area contributed by atoms with Gasteiger partial charge in [-0.2, -0.15) is 0 Å². The van der Waals surface area contributed by atoms with Gasteiger partial charge in [0, 0.05) is 23.9 Å². The maximum atomic E-state index is 12.1. The molecule has 0 radical (unpaired) electrons. The van der Waals surface area contributed by atoms with Gasteiger partial charge in [-0.15, -0.1) is 0 Å². The molecule has 0 atom stereocenters. The summed E-state index contributed by atoms with van der Waals surface area (Å²) in [7, 11) is 1.57. The Morgan fingerprint density at radius 1 is 1.21 bits per heavy atom. The molecule has 0 saturated carbocycles. The Morgan fingerprint density at radius 2 is 2.04 bits per heavy atom. The molecule has 122 valence electrons. The number of nitrogens with one attached hydrogen (secondary N) is 2. The van der Waals surface area contributed by atoms with Crippen LogP contribution < -0.4 is 24.8 Å². The second-order valence-electron chi connectivity index (χ2n) is 5.00. The molecule has 2 amide bonds. The lowest BCUT2D eigenvalue weighted by molar-refractivity contribution is 0.174. The summed E-state index contributed by atoms with van der Waals surface area (Å²) < 4.78 is 16.7. The van der Waals surface area contributed by atoms with Crippen LogP contribution in [0, 0.1) is 0 Å². The molecule has 2 aromatic carbocycles. The Bertz CT molecular complexity index is 884. The Hall–Kier alpha value is -3.00. The average molecular weight is 343 g/mol. The summed E-state index contributed by atoms with van der Waals surface area (Å²) in [5.74, 6) is 2.03. The van der Waals surface area contributed by atoms with Crippen LogP contribution in [0.3, 0.4) is 0 Å². The van der Waals surface area contributed by atoms with Crippen LogP contribution in [0.4, 0.5) is 15.6 Å². The van der Waals surface area contributed by atoms with Crippen molar-refractivity contribution in [1.29, 1.82) is 0 Å². The maximum Gasteiger partial charge on any atom is 0.325 e. The molecule has 1 aromatic heterocycles. The van der Waals surface area contributed by atoms with E-state index >= 15 is 0 Å². The van der Waals surface area contributed by atoms with E-state index in [1.54, 1.807) is 37.4 Å². The normalized spacial score (nSPS) is 12.2. The first-order valence-electron chi connectivity index (χ1n) is 7.13. The number of methoxy groups -OCH3 is 1. The van der Waals surface area contributed by atoms with Crippen molar-refractivity contribution < 1.29 is 19.0 Å². The van der Waals surface area contributed by atoms with Gasteiger partial charge in [-0.1, -0.05) is 17.4 Å². The Labute approximate surface area is 141 Å². The smallest absolute Gasteiger partial charge is 0.325 e. The number of carbonyl (C=O) groups is 1. The minimum absolute atomic E-state index is 0.223. The number of amides is 2. The number of urea groups is 1. The monoisotopic (exact) mass is 343 g/mol. The highest BCUT2D eigenvalue weighted by Gasteiger charge is 2.17. The zero-order valence-corrected chi connectivity index (χ0v) is 13.5. The number of rotatable bonds is 3. The molecule has 2 heterocycles. The van der Waals surface area contributed by atoms with Crippen molar-refractivity contribution in [3.05, 3.63) is 36.4 Å². The molecule has 0 saturated heterocycles. The summed E-state index contributed by atoms with van der Waals surface area (Å²) in [6, 6.07) is 10.4. The zero-order valence-electron chi connectivity index (χ0n) is 12.7. The van der Waals surface area contributed by atoms with Crippen LogP contribution in [0.5, 0.6) is 17.2 Å². The third-order valence-corrected chi connectivity index (χ3v) is 4.36. The van der Waals surface area contributed by atoms with Gasteiger partial charge in [0.25, 0.3) is 0 Å². The first-order chi connectivity index (χ1) is 11.7. The predicted octanol–water partition coefficient (Wildman–Crippen LogP) is 3.68. The first-order valence-corrected chi connectivity index (χ1v) is 7.95. The molecule has 24 heavy (non-hydrogen) atoms. The molecule has 0 unspecified atom stereocenters. The van der Waals surface area contributed by atoms with Crippen LogP contribution in [0.25, 0.3) is 10.2 Å². The first kappa shape index (κ1) is 14.6. The van der Waals surface area contributed by atoms with Crippen LogP contribution >= 0.6 is 11.3 Å². The molecule has 7 nitrogen and oxygen atoms in total. The molecule has 4 rings (SSSR count). The summed E-state index contributed by atoms with van der Waals surface area (Å²) in [4.78, 5) is 16.5. The predicted molar refractivity (Wildman–Crippen MR) is 91.4 cm³/mol. The lowest BCUT2D eigenvalue weighted by atomic mass is 10.3. The molecule has 2 N–H and O–H groups in total. The van der Waals surface area contributed by atoms with Gasteiger partial charge in [0.15, 0.2) is 16.6 Å². The number of aromatic nitrogens is 1. The van der Waals surface area contributed by atoms with Crippen LogP contribution in [-0.4, -0.2) is 24.9 Å². The van der Waals surface area contributed by atoms with Gasteiger partial charge < -0.3 is 19.5 Å². The van der Waals surface area contributed by atoms with Crippen molar-refractivity contribution in [2.45, 2.75) is 0 Å². The number of thiazole rings is 1. The second kappa shape index (κ2) is 5.89. The van der Waals surface area contributed by atoms with Gasteiger partial charge in [0.05, 0.1) is 17.3 Å². The van der Waals surface area contributed by atoms with Gasteiger partial charge in [0.1, 0.15) is 5.75 Å². The average Bonchev–Trinajstić information content (AvgIpc) is 3.17. The molecular weight excluding hydrogens is 330 g/mol. The topological polar surface area (TPSA) is 81.7 Å². The summed E-state index contributed by atoms with van der Waals surface area (Å²) in [5.41, 5.74) is 1.38. The fraction of sp³-hybridized carbons (Fsp3) is 0.125. The Kier molecular flexibility index (Phi) is 3.58. The third kappa shape index (κ3) is 2.79. The quantitative estimate of drug-likeness (QED) is 0.758. The number of ether oxygens (including phenoxy) is 3. The van der Waals surface area contributed by atoms with E-state index in [1.165, 1.54) is 11.3 Å². The lowest BCUT2D eigenvalue weighted by Crippen LogP contribution is -2.19. The number of hydrogen-bond donors (Lipinski definition) is 2. The minimum Gasteiger partial charge on any atom is -0.497 e. The zero-order chi connectivity index (χ0) is 16.5. The van der Waals surface area contributed by atoms with Gasteiger partial charge in [-0.3, -0.25) is 5.32 Å². The van der Waals surface area contributed by atoms with Gasteiger partial charge >= 0.3 is 6.03 Å². The number of carbonyl (C=O) groups excluding carboxylic acids is 1. The van der Waals surface area contributed by atoms with Gasteiger partial charge in [0.2, 0.25) is 6.79 Å². The molecule has 3 aromatic rings. The highest BCUT2D eigenvalue weighted by atomic mass is 32.1. The Balaban J connectivity index is 1.50. The third-order valence-electron chi connectivity index (χ3n) is 3.43. The number of benzene rings is 2. The van der Waals surface area contributed by atoms with E-state index in [1.807, 2.05) is 6.07 Å². The van der Waals surface area contributed by atoms with E-state index < -0.39 is 0 Å². The maximum absolute atomic E-state index is 12.1. The van der Waals surface area contributed by atoms with Crippen LogP contribution in [0.15, 0.2) is 36.4 Å². The molecule has 0 aliphatic carbocycles. The molecule has 8 heteroatoms. The van der Waals surface area contributed by atoms with E-state index in [-0.39, 0.29) is 12.8 Å². The molecule has 1 aliphatic rings. The van der Waals surface area contributed by atoms with Crippen LogP contribution in [0.1, 0.15) is 0 Å². The fourth-order valence-electron chi connectivity index (χ4n) is 2.33. The van der Waals surface area contributed by atoms with Crippen molar-refractivity contribution in [2.75, 3.05) is 24.5 Å². The fourth-order valence-corrected chi connectivity index (χ4v) is 3.20. The molecule has 0 bridgehead atoms. The SMILES string of the molecule is COc1cccc(NC(=O)Nc2nc3cc4c(cc3s2)OCO4)c1. The van der Waals surface area contributed by atoms with Crippen LogP contribution in [-0.2, 0) is 0 Å². The number of fused-ring (bicyclic) bond motifs is 2. The molecule has 0 fully saturated rings. The summed E-state index contributed by atoms with van der Waals surface area (Å²) in [6.07, 6.45) is 0. The minimum atomic E-state index is -0.373. The van der Waals surface area contributed by atoms with E-state index in [9.17, 15) is 4.79 Å². The van der Waals surface area contributed by atoms with Gasteiger partial charge in [-0.05, 0) is 12.1 Å². The highest BCUT2D eigenvalue weighted by Crippen LogP contribution is 2.38. The standard InChI is InChI=1S/C16H13N3O4S/c1-21-10-4-2-3-9(5-10)17-15(20)19-16-18-11-6-12-13(23-8-22-12)7-14(11)24-16/h2-7H,8H2,1H3,(H2,17,18,19,20). The molecule has 0 spiro atoms. The number of hydrogen-bond acceptors (Lipinski definition) is 6. The summed E-state index contributed by atoms with van der Waals surface area (Å²) in [5, 5.41) is 5.96. The van der Waals surface area contributed by atoms with Crippen molar-refractivity contribution in [3.8, 4) is 17.2 Å². The van der Waals surface area contributed by atoms with Crippen molar-refractivity contribution in [2.24, 2.45) is 0 Å². The van der Waals surface area contributed by atoms with Crippen molar-refractivity contribution in [1.82, 2.24) is 4.98 Å². The van der Waals surface area contributed by atoms with E-state index in [0.717, 1.165) is 10.2 Å². The second-order valence-corrected chi connectivity index (χ2v) is 6.03. The van der Waals surface area contributed by atoms with Gasteiger partial charge in [-0.25, -0.2) is 9.78 Å². The van der Waals surface area contributed by atoms with Crippen molar-refractivity contribution in [3.63, 3.8) is 0 Å². The Morgan fingerprint density at radius 3 is 2.88 bits per heavy atom. The van der Waals surface area contributed by atoms with E-state index in [0.29, 0.717) is 28.1 Å².